The molecule has 2 bridgehead atoms. The molecule has 1 saturated heterocycles. The van der Waals surface area contributed by atoms with Crippen LogP contribution in [0.15, 0.2) is 59.9 Å². The lowest BCUT2D eigenvalue weighted by molar-refractivity contribution is -0.199. The number of aryl methyl sites for hydroxylation is 1. The molecule has 3 aromatic rings. The molecule has 9 rings (SSSR count). The average molecular weight is 711 g/mol. The van der Waals surface area contributed by atoms with Crippen LogP contribution in [-0.2, 0) is 20.5 Å². The Morgan fingerprint density at radius 3 is 2.69 bits per heavy atom. The van der Waals surface area contributed by atoms with Crippen LogP contribution in [0.25, 0.3) is 10.8 Å². The monoisotopic (exact) mass is 710 g/mol. The predicted molar refractivity (Wildman–Crippen MR) is 204 cm³/mol. The van der Waals surface area contributed by atoms with Gasteiger partial charge in [-0.15, -0.1) is 6.58 Å². The molecule has 8 nitrogen and oxygen atoms in total. The molecule has 5 fully saturated rings. The van der Waals surface area contributed by atoms with Crippen molar-refractivity contribution in [2.45, 2.75) is 133 Å². The highest BCUT2D eigenvalue weighted by Crippen LogP contribution is 2.65. The first-order valence-electron chi connectivity index (χ1n) is 19.4. The molecule has 2 aliphatic heterocycles. The summed E-state index contributed by atoms with van der Waals surface area (Å²) in [5.74, 6) is 0.556. The van der Waals surface area contributed by atoms with Gasteiger partial charge in [-0.25, -0.2) is 4.98 Å². The molecule has 1 amide bonds. The fourth-order valence-corrected chi connectivity index (χ4v) is 10.8. The van der Waals surface area contributed by atoms with Crippen LogP contribution in [0.2, 0.25) is 5.15 Å². The van der Waals surface area contributed by atoms with Crippen molar-refractivity contribution in [3.8, 4) is 0 Å². The Kier molecular flexibility index (Phi) is 9.37. The Morgan fingerprint density at radius 1 is 1.12 bits per heavy atom. The molecule has 1 aromatic heterocycles. The Hall–Kier alpha value is -3.14. The molecule has 3 heterocycles. The number of fused-ring (bicyclic) bond motifs is 2. The van der Waals surface area contributed by atoms with Gasteiger partial charge in [-0.3, -0.25) is 14.2 Å². The zero-order valence-electron chi connectivity index (χ0n) is 30.3. The number of aromatic nitrogens is 2. The molecule has 0 spiro atoms. The fourth-order valence-electron chi connectivity index (χ4n) is 10.5. The Labute approximate surface area is 307 Å². The highest BCUT2D eigenvalue weighted by molar-refractivity contribution is 6.48. The second kappa shape index (κ2) is 13.7. The molecule has 7 atom stereocenters. The van der Waals surface area contributed by atoms with E-state index in [0.717, 1.165) is 57.8 Å². The second-order valence-corrected chi connectivity index (χ2v) is 17.1. The number of carbonyl (C=O) groups excluding carboxylic acids is 1. The topological polar surface area (TPSA) is 94.5 Å². The van der Waals surface area contributed by atoms with Crippen LogP contribution in [-0.4, -0.2) is 46.3 Å². The summed E-state index contributed by atoms with van der Waals surface area (Å²) >= 11 is 6.99. The van der Waals surface area contributed by atoms with Gasteiger partial charge in [0.05, 0.1) is 23.3 Å². The van der Waals surface area contributed by atoms with E-state index >= 15 is 0 Å². The Balaban J connectivity index is 1.05. The normalized spacial score (nSPS) is 30.0. The van der Waals surface area contributed by atoms with Crippen LogP contribution in [0, 0.1) is 17.3 Å². The van der Waals surface area contributed by atoms with E-state index in [-0.39, 0.29) is 40.8 Å². The lowest BCUT2D eigenvalue weighted by Crippen LogP contribution is -2.65. The van der Waals surface area contributed by atoms with Crippen molar-refractivity contribution in [1.29, 1.82) is 0 Å². The maximum Gasteiger partial charge on any atom is 0.482 e. The highest BCUT2D eigenvalue weighted by atomic mass is 35.5. The summed E-state index contributed by atoms with van der Waals surface area (Å²) in [5, 5.41) is 9.50. The molecule has 4 saturated carbocycles. The van der Waals surface area contributed by atoms with Crippen LogP contribution in [0.1, 0.15) is 115 Å². The number of hydrogen-bond donors (Lipinski definition) is 2. The third-order valence-corrected chi connectivity index (χ3v) is 13.8. The molecule has 51 heavy (non-hydrogen) atoms. The Morgan fingerprint density at radius 2 is 1.90 bits per heavy atom. The predicted octanol–water partition coefficient (Wildman–Crippen LogP) is 8.17. The van der Waals surface area contributed by atoms with Gasteiger partial charge >= 0.3 is 7.12 Å². The number of benzene rings is 2. The van der Waals surface area contributed by atoms with E-state index in [0.29, 0.717) is 35.5 Å². The first-order valence-corrected chi connectivity index (χ1v) is 19.8. The molecule has 270 valence electrons. The largest absolute Gasteiger partial charge is 0.482 e. The third kappa shape index (κ3) is 6.15. The van der Waals surface area contributed by atoms with Crippen molar-refractivity contribution >= 4 is 41.2 Å². The van der Waals surface area contributed by atoms with Crippen molar-refractivity contribution in [2.75, 3.05) is 5.32 Å². The molecule has 4 aliphatic carbocycles. The number of rotatable bonds is 11. The first-order chi connectivity index (χ1) is 24.6. The summed E-state index contributed by atoms with van der Waals surface area (Å²) in [6, 6.07) is 14.4. The lowest BCUT2D eigenvalue weighted by atomic mass is 9.43. The number of hydrogen-bond acceptors (Lipinski definition) is 6. The minimum Gasteiger partial charge on any atom is -0.404 e. The molecule has 2 aromatic carbocycles. The molecule has 3 unspecified atom stereocenters. The molecule has 0 radical (unpaired) electrons. The van der Waals surface area contributed by atoms with Gasteiger partial charge in [0.15, 0.2) is 11.0 Å². The van der Waals surface area contributed by atoms with Gasteiger partial charge < -0.3 is 19.9 Å². The van der Waals surface area contributed by atoms with Crippen molar-refractivity contribution < 1.29 is 14.1 Å². The molecule has 10 heteroatoms. The van der Waals surface area contributed by atoms with E-state index in [4.69, 9.17) is 20.9 Å². The first kappa shape index (κ1) is 34.9. The minimum absolute atomic E-state index is 0.00253. The van der Waals surface area contributed by atoms with Gasteiger partial charge in [0, 0.05) is 12.0 Å². The van der Waals surface area contributed by atoms with E-state index < -0.39 is 24.7 Å². The number of halogens is 1. The summed E-state index contributed by atoms with van der Waals surface area (Å²) in [6.45, 7) is 10.9. The number of nitrogens with zero attached hydrogens (tertiary/aromatic N) is 2. The zero-order chi connectivity index (χ0) is 35.5. The maximum atomic E-state index is 14.5. The van der Waals surface area contributed by atoms with Gasteiger partial charge in [0.25, 0.3) is 5.56 Å². The van der Waals surface area contributed by atoms with Gasteiger partial charge in [-0.2, -0.15) is 0 Å². The van der Waals surface area contributed by atoms with Gasteiger partial charge in [0.2, 0.25) is 5.91 Å². The number of anilines is 1. The summed E-state index contributed by atoms with van der Waals surface area (Å²) in [5.41, 5.74) is 1.52. The number of carbonyl (C=O) groups is 1. The summed E-state index contributed by atoms with van der Waals surface area (Å²) < 4.78 is 15.0. The van der Waals surface area contributed by atoms with Crippen molar-refractivity contribution in [2.24, 2.45) is 17.3 Å². The van der Waals surface area contributed by atoms with Gasteiger partial charge in [0.1, 0.15) is 6.04 Å². The van der Waals surface area contributed by atoms with E-state index in [1.165, 1.54) is 22.8 Å². The van der Waals surface area contributed by atoms with Crippen LogP contribution < -0.4 is 16.2 Å². The zero-order valence-corrected chi connectivity index (χ0v) is 31.1. The van der Waals surface area contributed by atoms with Crippen molar-refractivity contribution in [3.05, 3.63) is 81.9 Å². The Bertz CT molecular complexity index is 1870. The van der Waals surface area contributed by atoms with Crippen LogP contribution in [0.3, 0.4) is 0 Å². The van der Waals surface area contributed by atoms with E-state index in [9.17, 15) is 9.59 Å². The second-order valence-electron chi connectivity index (χ2n) is 16.7. The lowest BCUT2D eigenvalue weighted by Gasteiger charge is -2.64. The summed E-state index contributed by atoms with van der Waals surface area (Å²) in [6.07, 6.45) is 12.9. The number of amides is 1. The molecular weight excluding hydrogens is 659 g/mol. The molecular formula is C41H52BClN4O4. The minimum atomic E-state index is -0.721. The van der Waals surface area contributed by atoms with E-state index in [1.54, 1.807) is 4.57 Å². The van der Waals surface area contributed by atoms with Gasteiger partial charge in [-0.05, 0) is 98.3 Å². The SMILES string of the molecule is C=CC[C@H](NC(=O)[C@@H]1C[C@@H](CCCc2cccc3ccccc23)c2c(Cl)nc(NC3CCCCC3)c(=O)n21)B1OC2CC3CC(C3(C)C)[C@@]2(C)O1. The summed E-state index contributed by atoms with van der Waals surface area (Å²) in [7, 11) is -0.587. The number of nitrogens with one attached hydrogen (secondary N) is 2. The van der Waals surface area contributed by atoms with Crippen LogP contribution in [0.4, 0.5) is 5.82 Å². The fraction of sp³-hybridized carbons (Fsp3) is 0.585. The van der Waals surface area contributed by atoms with Gasteiger partial charge in [-0.1, -0.05) is 93.3 Å². The van der Waals surface area contributed by atoms with Crippen LogP contribution in [0.5, 0.6) is 0 Å². The third-order valence-electron chi connectivity index (χ3n) is 13.5. The smallest absolute Gasteiger partial charge is 0.404 e. The standard InChI is InChI=1S/C41H52BClN4O4/c1-5-13-34(42-50-33-24-28-23-32(40(28,2)3)41(33,4)51-42)45-38(48)31-22-27(18-12-17-26-16-11-15-25-14-9-10-21-30(25)26)35-36(43)46-37(39(49)47(31)35)44-29-19-7-6-8-20-29/h5,9-11,14-16,21,27-29,31-34H,1,6-8,12-13,17-20,22-24H2,2-4H3,(H,44,46)(H,45,48)/t27-,28?,31+,32?,33?,34+,41-/m1/s1. The maximum absolute atomic E-state index is 14.5. The van der Waals surface area contributed by atoms with Crippen molar-refractivity contribution in [1.82, 2.24) is 14.9 Å². The average Bonchev–Trinajstić information content (AvgIpc) is 3.69. The highest BCUT2D eigenvalue weighted by Gasteiger charge is 2.68. The quantitative estimate of drug-likeness (QED) is 0.154. The molecule has 2 N–H and O–H groups in total. The summed E-state index contributed by atoms with van der Waals surface area (Å²) in [4.78, 5) is 33.4. The van der Waals surface area contributed by atoms with Crippen molar-refractivity contribution in [3.63, 3.8) is 0 Å². The molecule has 6 aliphatic rings. The van der Waals surface area contributed by atoms with Crippen LogP contribution >= 0.6 is 11.6 Å². The van der Waals surface area contributed by atoms with E-state index in [2.05, 4.69) is 85.4 Å². The van der Waals surface area contributed by atoms with E-state index in [1.807, 2.05) is 6.08 Å².